The highest BCUT2D eigenvalue weighted by molar-refractivity contribution is 6.33. The molecule has 1 aromatic carbocycles. The number of benzene rings is 1. The number of anilines is 1. The zero-order valence-corrected chi connectivity index (χ0v) is 14.7. The van der Waals surface area contributed by atoms with Crippen molar-refractivity contribution >= 4 is 29.4 Å². The molecule has 0 unspecified atom stereocenters. The van der Waals surface area contributed by atoms with E-state index in [4.69, 9.17) is 11.6 Å². The normalized spacial score (nSPS) is 14.9. The number of nitrogens with one attached hydrogen (secondary N) is 1. The van der Waals surface area contributed by atoms with E-state index in [0.29, 0.717) is 12.0 Å². The van der Waals surface area contributed by atoms with E-state index in [-0.39, 0.29) is 10.7 Å². The van der Waals surface area contributed by atoms with Crippen LogP contribution in [0.3, 0.4) is 0 Å². The number of hydrogen-bond acceptors (Lipinski definition) is 5. The molecule has 1 saturated heterocycles. The lowest BCUT2D eigenvalue weighted by atomic mass is 10.1. The van der Waals surface area contributed by atoms with Crippen molar-refractivity contribution in [2.24, 2.45) is 0 Å². The van der Waals surface area contributed by atoms with Gasteiger partial charge >= 0.3 is 5.97 Å². The summed E-state index contributed by atoms with van der Waals surface area (Å²) in [5.41, 5.74) is -0.752. The van der Waals surface area contributed by atoms with E-state index in [2.05, 4.69) is 15.3 Å². The van der Waals surface area contributed by atoms with Crippen molar-refractivity contribution in [3.05, 3.63) is 52.3 Å². The summed E-state index contributed by atoms with van der Waals surface area (Å²) in [4.78, 5) is 34.1. The number of rotatable bonds is 5. The number of halogens is 3. The summed E-state index contributed by atoms with van der Waals surface area (Å²) in [7, 11) is 0. The Morgan fingerprint density at radius 1 is 1.26 bits per heavy atom. The quantitative estimate of drug-likeness (QED) is 0.806. The number of carbonyl (C=O) groups is 2. The molecular formula is C17H15ClF2N4O3. The van der Waals surface area contributed by atoms with Gasteiger partial charge in [0.05, 0.1) is 11.2 Å². The Balaban J connectivity index is 1.89. The minimum Gasteiger partial charge on any atom is -0.479 e. The topological polar surface area (TPSA) is 95.4 Å². The standard InChI is InChI=1S/C17H15ClF2N4O3/c18-11-8-21-17(24-5-1-2-6-24)23-14(11)15(25)22-13(16(26)27)10-7-9(19)3-4-12(10)20/h3-4,7-8,13H,1-2,5-6H2,(H,22,25)(H,26,27)/t13-/m1/s1. The molecule has 1 fully saturated rings. The Labute approximate surface area is 158 Å². The van der Waals surface area contributed by atoms with E-state index in [1.807, 2.05) is 4.90 Å². The number of aromatic nitrogens is 2. The number of amides is 1. The molecule has 0 bridgehead atoms. The fourth-order valence-corrected chi connectivity index (χ4v) is 2.97. The van der Waals surface area contributed by atoms with Crippen LogP contribution in [0.25, 0.3) is 0 Å². The number of nitrogens with zero attached hydrogens (tertiary/aromatic N) is 3. The van der Waals surface area contributed by atoms with Gasteiger partial charge in [-0.3, -0.25) is 4.79 Å². The third-order valence-electron chi connectivity index (χ3n) is 4.13. The van der Waals surface area contributed by atoms with E-state index in [9.17, 15) is 23.5 Å². The number of hydrogen-bond donors (Lipinski definition) is 2. The number of carboxylic acid groups (broad SMARTS) is 1. The predicted octanol–water partition coefficient (Wildman–Crippen LogP) is 2.56. The second-order valence-corrected chi connectivity index (χ2v) is 6.38. The third-order valence-corrected chi connectivity index (χ3v) is 4.40. The van der Waals surface area contributed by atoms with Crippen LogP contribution in [-0.4, -0.2) is 40.0 Å². The molecule has 0 radical (unpaired) electrons. The average Bonchev–Trinajstić information content (AvgIpc) is 3.16. The molecule has 0 aliphatic carbocycles. The zero-order chi connectivity index (χ0) is 19.6. The second kappa shape index (κ2) is 7.83. The van der Waals surface area contributed by atoms with Gasteiger partial charge in [-0.1, -0.05) is 11.6 Å². The second-order valence-electron chi connectivity index (χ2n) is 5.97. The summed E-state index contributed by atoms with van der Waals surface area (Å²) in [6.45, 7) is 1.46. The SMILES string of the molecule is O=C(N[C@@H](C(=O)O)c1cc(F)ccc1F)c1nc(N2CCCC2)ncc1Cl. The van der Waals surface area contributed by atoms with Gasteiger partial charge in [0.15, 0.2) is 11.7 Å². The largest absolute Gasteiger partial charge is 0.479 e. The van der Waals surface area contributed by atoms with Crippen LogP contribution in [0.4, 0.5) is 14.7 Å². The molecule has 1 aliphatic heterocycles. The first kappa shape index (κ1) is 19.0. The Morgan fingerprint density at radius 3 is 2.63 bits per heavy atom. The summed E-state index contributed by atoms with van der Waals surface area (Å²) in [5, 5.41) is 11.4. The Kier molecular flexibility index (Phi) is 5.50. The van der Waals surface area contributed by atoms with E-state index < -0.39 is 35.1 Å². The molecule has 1 atom stereocenters. The van der Waals surface area contributed by atoms with Crippen molar-refractivity contribution < 1.29 is 23.5 Å². The summed E-state index contributed by atoms with van der Waals surface area (Å²) in [6.07, 6.45) is 3.18. The van der Waals surface area contributed by atoms with E-state index in [1.54, 1.807) is 0 Å². The highest BCUT2D eigenvalue weighted by Gasteiger charge is 2.28. The molecule has 27 heavy (non-hydrogen) atoms. The Bertz CT molecular complexity index is 890. The van der Waals surface area contributed by atoms with Gasteiger partial charge in [-0.05, 0) is 31.0 Å². The maximum Gasteiger partial charge on any atom is 0.331 e. The van der Waals surface area contributed by atoms with Crippen molar-refractivity contribution in [1.82, 2.24) is 15.3 Å². The molecule has 1 aliphatic rings. The van der Waals surface area contributed by atoms with Gasteiger partial charge in [-0.25, -0.2) is 23.5 Å². The first-order valence-electron chi connectivity index (χ1n) is 8.13. The fourth-order valence-electron chi connectivity index (χ4n) is 2.79. The van der Waals surface area contributed by atoms with Crippen molar-refractivity contribution in [3.63, 3.8) is 0 Å². The molecule has 3 rings (SSSR count). The van der Waals surface area contributed by atoms with Gasteiger partial charge in [-0.2, -0.15) is 0 Å². The Hall–Kier alpha value is -2.81. The molecular weight excluding hydrogens is 382 g/mol. The first-order chi connectivity index (χ1) is 12.9. The maximum absolute atomic E-state index is 13.9. The summed E-state index contributed by atoms with van der Waals surface area (Å²) >= 11 is 5.98. The van der Waals surface area contributed by atoms with Crippen LogP contribution in [0, 0.1) is 11.6 Å². The molecule has 2 N–H and O–H groups in total. The van der Waals surface area contributed by atoms with Gasteiger partial charge in [0.25, 0.3) is 5.91 Å². The molecule has 1 aromatic heterocycles. The highest BCUT2D eigenvalue weighted by atomic mass is 35.5. The molecule has 0 spiro atoms. The molecule has 2 aromatic rings. The van der Waals surface area contributed by atoms with Crippen LogP contribution in [0.5, 0.6) is 0 Å². The zero-order valence-electron chi connectivity index (χ0n) is 14.0. The number of aliphatic carboxylic acids is 1. The molecule has 0 saturated carbocycles. The minimum absolute atomic E-state index is 0.0840. The fraction of sp³-hybridized carbons (Fsp3) is 0.294. The smallest absolute Gasteiger partial charge is 0.331 e. The highest BCUT2D eigenvalue weighted by Crippen LogP contribution is 2.22. The van der Waals surface area contributed by atoms with E-state index in [0.717, 1.165) is 38.1 Å². The lowest BCUT2D eigenvalue weighted by Crippen LogP contribution is -2.35. The molecule has 2 heterocycles. The number of carboxylic acids is 1. The minimum atomic E-state index is -1.81. The van der Waals surface area contributed by atoms with Crippen molar-refractivity contribution in [2.75, 3.05) is 18.0 Å². The summed E-state index contributed by atoms with van der Waals surface area (Å²) < 4.78 is 27.3. The predicted molar refractivity (Wildman–Crippen MR) is 92.7 cm³/mol. The first-order valence-corrected chi connectivity index (χ1v) is 8.50. The summed E-state index contributed by atoms with van der Waals surface area (Å²) in [5.74, 6) is -3.98. The van der Waals surface area contributed by atoms with E-state index in [1.165, 1.54) is 6.20 Å². The Morgan fingerprint density at radius 2 is 1.96 bits per heavy atom. The molecule has 142 valence electrons. The molecule has 10 heteroatoms. The molecule has 7 nitrogen and oxygen atoms in total. The van der Waals surface area contributed by atoms with Gasteiger partial charge in [0.1, 0.15) is 11.6 Å². The van der Waals surface area contributed by atoms with Crippen LogP contribution in [0.1, 0.15) is 34.9 Å². The average molecular weight is 397 g/mol. The van der Waals surface area contributed by atoms with Crippen LogP contribution >= 0.6 is 11.6 Å². The van der Waals surface area contributed by atoms with Crippen molar-refractivity contribution in [2.45, 2.75) is 18.9 Å². The lowest BCUT2D eigenvalue weighted by Gasteiger charge is -2.18. The summed E-state index contributed by atoms with van der Waals surface area (Å²) in [6, 6.07) is 0.541. The third kappa shape index (κ3) is 4.13. The van der Waals surface area contributed by atoms with E-state index >= 15 is 0 Å². The monoisotopic (exact) mass is 396 g/mol. The maximum atomic E-state index is 13.9. The van der Waals surface area contributed by atoms with Crippen LogP contribution in [0.2, 0.25) is 5.02 Å². The molecule has 1 amide bonds. The van der Waals surface area contributed by atoms with Crippen LogP contribution in [0.15, 0.2) is 24.4 Å². The van der Waals surface area contributed by atoms with Crippen LogP contribution < -0.4 is 10.2 Å². The van der Waals surface area contributed by atoms with Crippen molar-refractivity contribution in [3.8, 4) is 0 Å². The van der Waals surface area contributed by atoms with Crippen molar-refractivity contribution in [1.29, 1.82) is 0 Å². The number of carbonyl (C=O) groups excluding carboxylic acids is 1. The van der Waals surface area contributed by atoms with Gasteiger partial charge in [-0.15, -0.1) is 0 Å². The van der Waals surface area contributed by atoms with Gasteiger partial charge in [0, 0.05) is 18.7 Å². The van der Waals surface area contributed by atoms with Gasteiger partial charge < -0.3 is 15.3 Å². The lowest BCUT2D eigenvalue weighted by molar-refractivity contribution is -0.139. The van der Waals surface area contributed by atoms with Crippen LogP contribution in [-0.2, 0) is 4.79 Å². The van der Waals surface area contributed by atoms with Gasteiger partial charge in [0.2, 0.25) is 5.95 Å².